The van der Waals surface area contributed by atoms with Crippen molar-refractivity contribution in [1.82, 2.24) is 0 Å². The van der Waals surface area contributed by atoms with Crippen LogP contribution in [0.4, 0.5) is 0 Å². The smallest absolute Gasteiger partial charge is 0.153 e. The van der Waals surface area contributed by atoms with Gasteiger partial charge in [-0.2, -0.15) is 0 Å². The summed E-state index contributed by atoms with van der Waals surface area (Å²) in [6.07, 6.45) is 1.44. The molecule has 2 N–H and O–H groups in total. The maximum absolute atomic E-state index is 10.5. The highest BCUT2D eigenvalue weighted by molar-refractivity contribution is 5.87. The Morgan fingerprint density at radius 3 is 2.25 bits per heavy atom. The van der Waals surface area contributed by atoms with Crippen molar-refractivity contribution in [3.8, 4) is 0 Å². The Balaban J connectivity index is 4.12. The van der Waals surface area contributed by atoms with Crippen molar-refractivity contribution in [2.45, 2.75) is 19.4 Å². The molecule has 0 spiro atoms. The zero-order valence-corrected chi connectivity index (χ0v) is 5.27. The van der Waals surface area contributed by atoms with Crippen LogP contribution in [-0.4, -0.2) is 11.3 Å². The summed E-state index contributed by atoms with van der Waals surface area (Å²) < 4.78 is 0. The molecule has 8 heavy (non-hydrogen) atoms. The summed E-state index contributed by atoms with van der Waals surface area (Å²) in [6, 6.07) is 0. The lowest BCUT2D eigenvalue weighted by molar-refractivity contribution is -0.120. The van der Waals surface area contributed by atoms with Crippen LogP contribution >= 0.6 is 0 Å². The van der Waals surface area contributed by atoms with Gasteiger partial charge in [-0.15, -0.1) is 6.58 Å². The minimum Gasteiger partial charge on any atom is -0.316 e. The van der Waals surface area contributed by atoms with Gasteiger partial charge < -0.3 is 5.73 Å². The summed E-state index contributed by atoms with van der Waals surface area (Å²) >= 11 is 0. The monoisotopic (exact) mass is 113 g/mol. The Morgan fingerprint density at radius 2 is 2.25 bits per heavy atom. The van der Waals surface area contributed by atoms with Gasteiger partial charge in [0, 0.05) is 0 Å². The predicted molar refractivity (Wildman–Crippen MR) is 33.5 cm³/mol. The van der Waals surface area contributed by atoms with E-state index in [1.54, 1.807) is 6.92 Å². The Morgan fingerprint density at radius 1 is 1.88 bits per heavy atom. The molecule has 0 bridgehead atoms. The lowest BCUT2D eigenvalue weighted by Crippen LogP contribution is -2.40. The molecule has 0 saturated carbocycles. The summed E-state index contributed by atoms with van der Waals surface area (Å²) in [7, 11) is 0. The van der Waals surface area contributed by atoms with Crippen LogP contribution < -0.4 is 5.73 Å². The van der Waals surface area contributed by atoms with Gasteiger partial charge in [0.15, 0.2) is 5.78 Å². The van der Waals surface area contributed by atoms with Crippen molar-refractivity contribution < 1.29 is 4.79 Å². The van der Waals surface area contributed by atoms with Gasteiger partial charge in [0.25, 0.3) is 0 Å². The van der Waals surface area contributed by atoms with Gasteiger partial charge in [0.1, 0.15) is 0 Å². The third-order valence-electron chi connectivity index (χ3n) is 1.18. The molecular formula is C6H11NO. The normalized spacial score (nSPS) is 16.9. The largest absolute Gasteiger partial charge is 0.316 e. The molecule has 0 unspecified atom stereocenters. The molecule has 0 saturated heterocycles. The van der Waals surface area contributed by atoms with Gasteiger partial charge in [-0.1, -0.05) is 6.08 Å². The first-order valence-electron chi connectivity index (χ1n) is 2.44. The van der Waals surface area contributed by atoms with E-state index in [0.717, 1.165) is 0 Å². The molecule has 0 aliphatic carbocycles. The molecule has 0 fully saturated rings. The van der Waals surface area contributed by atoms with Gasteiger partial charge >= 0.3 is 0 Å². The number of Topliss-reactive ketones (excluding diaryl/α,β-unsaturated/α-hetero) is 1. The Labute approximate surface area is 49.4 Å². The van der Waals surface area contributed by atoms with Gasteiger partial charge in [0.2, 0.25) is 0 Å². The third kappa shape index (κ3) is 1.46. The first-order chi connectivity index (χ1) is 3.50. The maximum Gasteiger partial charge on any atom is 0.153 e. The van der Waals surface area contributed by atoms with Crippen LogP contribution in [0.15, 0.2) is 12.7 Å². The zero-order valence-electron chi connectivity index (χ0n) is 5.27. The van der Waals surface area contributed by atoms with E-state index in [2.05, 4.69) is 6.58 Å². The van der Waals surface area contributed by atoms with E-state index in [-0.39, 0.29) is 5.78 Å². The molecule has 0 rings (SSSR count). The highest BCUT2D eigenvalue weighted by Crippen LogP contribution is 1.99. The average molecular weight is 113 g/mol. The van der Waals surface area contributed by atoms with Crippen molar-refractivity contribution in [1.29, 1.82) is 0 Å². The SMILES string of the molecule is C=C[C@@](C)(N)C(C)=O. The number of carbonyl (C=O) groups is 1. The molecule has 1 atom stereocenters. The number of hydrogen-bond acceptors (Lipinski definition) is 2. The molecule has 0 aliphatic rings. The van der Waals surface area contributed by atoms with Crippen LogP contribution in [0.25, 0.3) is 0 Å². The number of ketones is 1. The van der Waals surface area contributed by atoms with Crippen molar-refractivity contribution in [2.75, 3.05) is 0 Å². The van der Waals surface area contributed by atoms with Crippen LogP contribution in [0.5, 0.6) is 0 Å². The van der Waals surface area contributed by atoms with E-state index in [4.69, 9.17) is 5.73 Å². The van der Waals surface area contributed by atoms with Crippen molar-refractivity contribution in [3.63, 3.8) is 0 Å². The minimum atomic E-state index is -0.833. The summed E-state index contributed by atoms with van der Waals surface area (Å²) in [5, 5.41) is 0. The lowest BCUT2D eigenvalue weighted by atomic mass is 10.0. The lowest BCUT2D eigenvalue weighted by Gasteiger charge is -2.13. The third-order valence-corrected chi connectivity index (χ3v) is 1.18. The molecule has 0 aromatic carbocycles. The molecule has 0 aromatic heterocycles. The summed E-state index contributed by atoms with van der Waals surface area (Å²) in [5.41, 5.74) is 4.56. The summed E-state index contributed by atoms with van der Waals surface area (Å²) in [4.78, 5) is 10.5. The van der Waals surface area contributed by atoms with Crippen molar-refractivity contribution in [3.05, 3.63) is 12.7 Å². The van der Waals surface area contributed by atoms with Crippen molar-refractivity contribution in [2.24, 2.45) is 5.73 Å². The van der Waals surface area contributed by atoms with Gasteiger partial charge in [0.05, 0.1) is 5.54 Å². The molecule has 0 aromatic rings. The van der Waals surface area contributed by atoms with Gasteiger partial charge in [-0.3, -0.25) is 4.79 Å². The molecule has 0 aliphatic heterocycles. The van der Waals surface area contributed by atoms with Crippen molar-refractivity contribution >= 4 is 5.78 Å². The van der Waals surface area contributed by atoms with Crippen LogP contribution in [0.3, 0.4) is 0 Å². The van der Waals surface area contributed by atoms with E-state index >= 15 is 0 Å². The van der Waals surface area contributed by atoms with Crippen LogP contribution in [0, 0.1) is 0 Å². The van der Waals surface area contributed by atoms with Gasteiger partial charge in [-0.25, -0.2) is 0 Å². The highest BCUT2D eigenvalue weighted by Gasteiger charge is 2.18. The van der Waals surface area contributed by atoms with Crippen LogP contribution in [0.1, 0.15) is 13.8 Å². The Hall–Kier alpha value is -0.630. The molecule has 46 valence electrons. The first-order valence-corrected chi connectivity index (χ1v) is 2.44. The van der Waals surface area contributed by atoms with Crippen LogP contribution in [-0.2, 0) is 4.79 Å². The first kappa shape index (κ1) is 7.37. The van der Waals surface area contributed by atoms with Crippen LogP contribution in [0.2, 0.25) is 0 Å². The fraction of sp³-hybridized carbons (Fsp3) is 0.500. The Kier molecular flexibility index (Phi) is 1.93. The quantitative estimate of drug-likeness (QED) is 0.529. The number of carbonyl (C=O) groups excluding carboxylic acids is 1. The second-order valence-electron chi connectivity index (χ2n) is 2.04. The fourth-order valence-corrected chi connectivity index (χ4v) is 0.144. The topological polar surface area (TPSA) is 43.1 Å². The summed E-state index contributed by atoms with van der Waals surface area (Å²) in [6.45, 7) is 6.48. The molecule has 0 radical (unpaired) electrons. The molecular weight excluding hydrogens is 102 g/mol. The minimum absolute atomic E-state index is 0.0625. The second kappa shape index (κ2) is 2.09. The highest BCUT2D eigenvalue weighted by atomic mass is 16.1. The van der Waals surface area contributed by atoms with E-state index in [9.17, 15) is 4.79 Å². The van der Waals surface area contributed by atoms with Gasteiger partial charge in [-0.05, 0) is 13.8 Å². The zero-order chi connectivity index (χ0) is 6.78. The Bertz CT molecular complexity index is 116. The summed E-state index contributed by atoms with van der Waals surface area (Å²) in [5.74, 6) is -0.0625. The number of hydrogen-bond donors (Lipinski definition) is 1. The standard InChI is InChI=1S/C6H11NO/c1-4-6(3,7)5(2)8/h4H,1,7H2,2-3H3/t6-/m1/s1. The van der Waals surface area contributed by atoms with E-state index in [1.165, 1.54) is 13.0 Å². The molecule has 2 heteroatoms. The number of nitrogens with two attached hydrogens (primary N) is 1. The van der Waals surface area contributed by atoms with E-state index in [0.29, 0.717) is 0 Å². The predicted octanol–water partition coefficient (Wildman–Crippen LogP) is 0.479. The maximum atomic E-state index is 10.5. The molecule has 0 amide bonds. The van der Waals surface area contributed by atoms with E-state index < -0.39 is 5.54 Å². The molecule has 0 heterocycles. The number of rotatable bonds is 2. The second-order valence-corrected chi connectivity index (χ2v) is 2.04. The van der Waals surface area contributed by atoms with E-state index in [1.807, 2.05) is 0 Å². The average Bonchev–Trinajstić information content (AvgIpc) is 1.67. The molecule has 2 nitrogen and oxygen atoms in total. The fourth-order valence-electron chi connectivity index (χ4n) is 0.144.